The Morgan fingerprint density at radius 3 is 2.69 bits per heavy atom. The fourth-order valence-corrected chi connectivity index (χ4v) is 3.30. The molecule has 1 saturated heterocycles. The average molecular weight is 409 g/mol. The Morgan fingerprint density at radius 2 is 2.00 bits per heavy atom. The molecule has 0 spiro atoms. The van der Waals surface area contributed by atoms with E-state index in [4.69, 9.17) is 11.6 Å². The van der Waals surface area contributed by atoms with E-state index in [-0.39, 0.29) is 18.2 Å². The molecule has 5 rings (SSSR count). The van der Waals surface area contributed by atoms with E-state index in [9.17, 15) is 9.59 Å². The number of carbonyl (C=O) groups excluding carboxylic acids is 2. The molecule has 0 unspecified atom stereocenters. The fraction of sp³-hybridized carbons (Fsp3) is 0.200. The molecule has 0 bridgehead atoms. The number of anilines is 3. The fourth-order valence-electron chi connectivity index (χ4n) is 3.18. The maximum atomic E-state index is 11.9. The average Bonchev–Trinajstić information content (AvgIpc) is 3.33. The topological polar surface area (TPSA) is 100 Å². The third-order valence-electron chi connectivity index (χ3n) is 4.77. The second-order valence-electron chi connectivity index (χ2n) is 7.14. The summed E-state index contributed by atoms with van der Waals surface area (Å²) in [4.78, 5) is 28.1. The molecular weight excluding hydrogens is 392 g/mol. The summed E-state index contributed by atoms with van der Waals surface area (Å²) in [5.74, 6) is 0.772. The first-order valence-corrected chi connectivity index (χ1v) is 9.65. The summed E-state index contributed by atoms with van der Waals surface area (Å²) in [6.07, 6.45) is 5.61. The largest absolute Gasteiger partial charge is 0.367 e. The van der Waals surface area contributed by atoms with Crippen molar-refractivity contribution in [2.24, 2.45) is 0 Å². The zero-order valence-corrected chi connectivity index (χ0v) is 16.0. The number of benzene rings is 1. The number of nitrogens with one attached hydrogen (secondary N) is 3. The van der Waals surface area contributed by atoms with Gasteiger partial charge in [-0.05, 0) is 43.2 Å². The lowest BCUT2D eigenvalue weighted by Gasteiger charge is -2.11. The summed E-state index contributed by atoms with van der Waals surface area (Å²) < 4.78 is 1.71. The number of amides is 2. The molecule has 29 heavy (non-hydrogen) atoms. The van der Waals surface area contributed by atoms with Crippen molar-refractivity contribution in [3.05, 3.63) is 52.7 Å². The molecule has 1 aliphatic heterocycles. The van der Waals surface area contributed by atoms with Gasteiger partial charge in [0.2, 0.25) is 5.91 Å². The van der Waals surface area contributed by atoms with Gasteiger partial charge in [0, 0.05) is 34.0 Å². The summed E-state index contributed by atoms with van der Waals surface area (Å²) in [5, 5.41) is 14.1. The Hall–Kier alpha value is -3.39. The predicted molar refractivity (Wildman–Crippen MR) is 110 cm³/mol. The number of hydrogen-bond donors (Lipinski definition) is 3. The highest BCUT2D eigenvalue weighted by Gasteiger charge is 2.25. The predicted octanol–water partition coefficient (Wildman–Crippen LogP) is 3.13. The lowest BCUT2D eigenvalue weighted by atomic mass is 10.1. The first-order chi connectivity index (χ1) is 14.0. The molecule has 1 aromatic carbocycles. The lowest BCUT2D eigenvalue weighted by molar-refractivity contribution is -0.124. The van der Waals surface area contributed by atoms with Gasteiger partial charge in [0.05, 0.1) is 12.6 Å². The van der Waals surface area contributed by atoms with Crippen molar-refractivity contribution in [2.45, 2.75) is 25.3 Å². The Balaban J connectivity index is 1.56. The SMILES string of the molecule is O=C1CC(=Cc2cnn3c(NC4CC4)cc(Nc4ccc(Cl)cc4)nc23)C(=O)N1. The molecule has 1 aliphatic carbocycles. The molecule has 8 nitrogen and oxygen atoms in total. The number of halogens is 1. The van der Waals surface area contributed by atoms with Gasteiger partial charge in [0.1, 0.15) is 11.6 Å². The molecule has 146 valence electrons. The Morgan fingerprint density at radius 1 is 1.21 bits per heavy atom. The van der Waals surface area contributed by atoms with Gasteiger partial charge in [-0.1, -0.05) is 11.6 Å². The first-order valence-electron chi connectivity index (χ1n) is 9.28. The van der Waals surface area contributed by atoms with Crippen LogP contribution in [0.3, 0.4) is 0 Å². The molecule has 0 radical (unpaired) electrons. The number of fused-ring (bicyclic) bond motifs is 1. The molecule has 3 aromatic rings. The van der Waals surface area contributed by atoms with Crippen LogP contribution in [0.25, 0.3) is 11.7 Å². The van der Waals surface area contributed by atoms with Crippen LogP contribution in [0.5, 0.6) is 0 Å². The number of nitrogens with zero attached hydrogens (tertiary/aromatic N) is 3. The van der Waals surface area contributed by atoms with Crippen LogP contribution in [0.2, 0.25) is 5.02 Å². The van der Waals surface area contributed by atoms with Crippen molar-refractivity contribution >= 4 is 52.5 Å². The molecule has 2 aliphatic rings. The van der Waals surface area contributed by atoms with Gasteiger partial charge < -0.3 is 10.6 Å². The van der Waals surface area contributed by atoms with Crippen LogP contribution in [0.1, 0.15) is 24.8 Å². The van der Waals surface area contributed by atoms with Crippen molar-refractivity contribution in [3.8, 4) is 0 Å². The van der Waals surface area contributed by atoms with Crippen LogP contribution >= 0.6 is 11.6 Å². The van der Waals surface area contributed by atoms with Crippen LogP contribution in [0.4, 0.5) is 17.3 Å². The number of aromatic nitrogens is 3. The molecule has 3 N–H and O–H groups in total. The number of carbonyl (C=O) groups is 2. The number of imide groups is 1. The number of rotatable bonds is 5. The van der Waals surface area contributed by atoms with E-state index in [1.165, 1.54) is 0 Å². The molecule has 0 atom stereocenters. The first kappa shape index (κ1) is 17.7. The molecule has 2 amide bonds. The summed E-state index contributed by atoms with van der Waals surface area (Å²) in [6.45, 7) is 0. The highest BCUT2D eigenvalue weighted by Crippen LogP contribution is 2.29. The molecule has 3 heterocycles. The van der Waals surface area contributed by atoms with E-state index in [1.54, 1.807) is 28.9 Å². The van der Waals surface area contributed by atoms with Crippen LogP contribution in [-0.4, -0.2) is 32.5 Å². The molecule has 2 fully saturated rings. The number of hydrogen-bond acceptors (Lipinski definition) is 6. The minimum atomic E-state index is -0.374. The van der Waals surface area contributed by atoms with Crippen molar-refractivity contribution in [2.75, 3.05) is 10.6 Å². The van der Waals surface area contributed by atoms with E-state index in [1.807, 2.05) is 18.2 Å². The maximum Gasteiger partial charge on any atom is 0.254 e. The standard InChI is InChI=1S/C20H17ClN6O2/c21-13-1-3-14(4-2-13)23-16-9-17(24-15-5-6-15)27-19(25-16)12(10-22-27)7-11-8-18(28)26-20(11)29/h1-4,7,9-10,15,24H,5-6,8H2,(H,23,25)(H,26,28,29). The monoisotopic (exact) mass is 408 g/mol. The van der Waals surface area contributed by atoms with Gasteiger partial charge in [0.25, 0.3) is 5.91 Å². The molecule has 9 heteroatoms. The second-order valence-corrected chi connectivity index (χ2v) is 7.57. The highest BCUT2D eigenvalue weighted by atomic mass is 35.5. The van der Waals surface area contributed by atoms with Crippen LogP contribution in [-0.2, 0) is 9.59 Å². The third kappa shape index (κ3) is 3.66. The second kappa shape index (κ2) is 6.89. The van der Waals surface area contributed by atoms with Crippen molar-refractivity contribution in [3.63, 3.8) is 0 Å². The summed E-state index contributed by atoms with van der Waals surface area (Å²) in [6, 6.07) is 9.67. The summed E-state index contributed by atoms with van der Waals surface area (Å²) in [5.41, 5.74) is 2.51. The smallest absolute Gasteiger partial charge is 0.254 e. The van der Waals surface area contributed by atoms with E-state index < -0.39 is 0 Å². The quantitative estimate of drug-likeness (QED) is 0.443. The normalized spacial score (nSPS) is 17.8. The Bertz CT molecular complexity index is 1160. The Labute approximate surface area is 171 Å². The lowest BCUT2D eigenvalue weighted by Crippen LogP contribution is -2.19. The van der Waals surface area contributed by atoms with E-state index in [0.29, 0.717) is 33.7 Å². The molecular formula is C20H17ClN6O2. The summed E-state index contributed by atoms with van der Waals surface area (Å²) >= 11 is 5.96. The van der Waals surface area contributed by atoms with Gasteiger partial charge in [-0.2, -0.15) is 9.61 Å². The zero-order valence-electron chi connectivity index (χ0n) is 15.3. The highest BCUT2D eigenvalue weighted by molar-refractivity contribution is 6.30. The Kier molecular flexibility index (Phi) is 4.21. The maximum absolute atomic E-state index is 11.9. The van der Waals surface area contributed by atoms with Crippen LogP contribution in [0.15, 0.2) is 42.1 Å². The van der Waals surface area contributed by atoms with E-state index in [2.05, 4.69) is 26.0 Å². The third-order valence-corrected chi connectivity index (χ3v) is 5.02. The van der Waals surface area contributed by atoms with Gasteiger partial charge in [-0.3, -0.25) is 14.9 Å². The minimum absolute atomic E-state index is 0.0616. The van der Waals surface area contributed by atoms with E-state index in [0.717, 1.165) is 24.3 Å². The van der Waals surface area contributed by atoms with Crippen molar-refractivity contribution in [1.82, 2.24) is 19.9 Å². The van der Waals surface area contributed by atoms with Gasteiger partial charge in [-0.15, -0.1) is 0 Å². The van der Waals surface area contributed by atoms with Crippen molar-refractivity contribution in [1.29, 1.82) is 0 Å². The zero-order chi connectivity index (χ0) is 20.0. The minimum Gasteiger partial charge on any atom is -0.367 e. The van der Waals surface area contributed by atoms with Crippen molar-refractivity contribution < 1.29 is 9.59 Å². The van der Waals surface area contributed by atoms with Crippen LogP contribution < -0.4 is 16.0 Å². The summed E-state index contributed by atoms with van der Waals surface area (Å²) in [7, 11) is 0. The molecule has 1 saturated carbocycles. The van der Waals surface area contributed by atoms with E-state index >= 15 is 0 Å². The van der Waals surface area contributed by atoms with Crippen LogP contribution in [0, 0.1) is 0 Å². The van der Waals surface area contributed by atoms with Gasteiger partial charge in [-0.25, -0.2) is 4.98 Å². The molecule has 2 aromatic heterocycles. The van der Waals surface area contributed by atoms with Gasteiger partial charge in [0.15, 0.2) is 5.65 Å². The van der Waals surface area contributed by atoms with Gasteiger partial charge >= 0.3 is 0 Å².